The van der Waals surface area contributed by atoms with E-state index in [0.717, 1.165) is 0 Å². The summed E-state index contributed by atoms with van der Waals surface area (Å²) in [7, 11) is 0. The number of halogens is 2. The van der Waals surface area contributed by atoms with Gasteiger partial charge in [-0.1, -0.05) is 23.2 Å². The molecule has 0 bridgehead atoms. The van der Waals surface area contributed by atoms with Gasteiger partial charge in [-0.25, -0.2) is 9.59 Å². The number of carbonyl (C=O) groups is 2. The van der Waals surface area contributed by atoms with Crippen molar-refractivity contribution in [2.24, 2.45) is 0 Å². The van der Waals surface area contributed by atoms with Crippen LogP contribution in [0.5, 0.6) is 0 Å². The van der Waals surface area contributed by atoms with Gasteiger partial charge in [-0.05, 0) is 11.1 Å². The molecule has 0 saturated carbocycles. The van der Waals surface area contributed by atoms with Gasteiger partial charge in [-0.15, -0.1) is 0 Å². The topological polar surface area (TPSA) is 99.7 Å². The minimum Gasteiger partial charge on any atom is -0.478 e. The zero-order valence-corrected chi connectivity index (χ0v) is 12.8. The fourth-order valence-corrected chi connectivity index (χ4v) is 3.04. The molecule has 2 aliphatic heterocycles. The molecule has 2 atom stereocenters. The van der Waals surface area contributed by atoms with Crippen LogP contribution in [-0.2, 0) is 22.3 Å². The highest BCUT2D eigenvalue weighted by Gasteiger charge is 2.35. The van der Waals surface area contributed by atoms with E-state index in [1.165, 1.54) is 0 Å². The second-order valence-corrected chi connectivity index (χ2v) is 6.02. The molecule has 2 fully saturated rings. The summed E-state index contributed by atoms with van der Waals surface area (Å²) in [5, 5.41) is 19.1. The quantitative estimate of drug-likeness (QED) is 0.766. The maximum Gasteiger partial charge on any atom is 0.336 e. The summed E-state index contributed by atoms with van der Waals surface area (Å²) in [6.07, 6.45) is 0.151. The van der Waals surface area contributed by atoms with E-state index in [-0.39, 0.29) is 57.3 Å². The first-order valence-electron chi connectivity index (χ1n) is 6.62. The molecule has 6 nitrogen and oxygen atoms in total. The zero-order chi connectivity index (χ0) is 16.0. The van der Waals surface area contributed by atoms with Crippen molar-refractivity contribution < 1.29 is 29.3 Å². The van der Waals surface area contributed by atoms with E-state index in [4.69, 9.17) is 32.7 Å². The maximum atomic E-state index is 11.6. The predicted molar refractivity (Wildman–Crippen MR) is 77.3 cm³/mol. The average molecular weight is 347 g/mol. The van der Waals surface area contributed by atoms with Gasteiger partial charge in [0.15, 0.2) is 0 Å². The summed E-state index contributed by atoms with van der Waals surface area (Å²) in [6, 6.07) is 0. The normalized spacial score (nSPS) is 22.5. The van der Waals surface area contributed by atoms with Crippen molar-refractivity contribution in [2.45, 2.75) is 25.0 Å². The number of rotatable bonds is 6. The van der Waals surface area contributed by atoms with Gasteiger partial charge in [0, 0.05) is 12.8 Å². The summed E-state index contributed by atoms with van der Waals surface area (Å²) in [4.78, 5) is 23.3. The summed E-state index contributed by atoms with van der Waals surface area (Å²) >= 11 is 12.4. The highest BCUT2D eigenvalue weighted by atomic mass is 35.5. The minimum absolute atomic E-state index is 0.0789. The van der Waals surface area contributed by atoms with Gasteiger partial charge in [0.25, 0.3) is 0 Å². The number of aromatic carboxylic acids is 2. The van der Waals surface area contributed by atoms with Gasteiger partial charge >= 0.3 is 11.9 Å². The number of epoxide rings is 2. The Labute approximate surface area is 135 Å². The summed E-state index contributed by atoms with van der Waals surface area (Å²) in [5.74, 6) is -2.69. The van der Waals surface area contributed by atoms with E-state index in [1.807, 2.05) is 0 Å². The van der Waals surface area contributed by atoms with Crippen molar-refractivity contribution in [1.29, 1.82) is 0 Å². The van der Waals surface area contributed by atoms with Crippen LogP contribution in [0.1, 0.15) is 31.8 Å². The second-order valence-electron chi connectivity index (χ2n) is 5.26. The monoisotopic (exact) mass is 346 g/mol. The molecule has 2 N–H and O–H groups in total. The van der Waals surface area contributed by atoms with Gasteiger partial charge in [0.1, 0.15) is 0 Å². The largest absolute Gasteiger partial charge is 0.478 e. The Balaban J connectivity index is 2.21. The number of ether oxygens (including phenoxy) is 2. The molecule has 22 heavy (non-hydrogen) atoms. The first kappa shape index (κ1) is 15.6. The Morgan fingerprint density at radius 3 is 1.45 bits per heavy atom. The van der Waals surface area contributed by atoms with Gasteiger partial charge < -0.3 is 19.7 Å². The van der Waals surface area contributed by atoms with Crippen LogP contribution in [0.2, 0.25) is 10.0 Å². The van der Waals surface area contributed by atoms with Crippen LogP contribution in [0, 0.1) is 0 Å². The Morgan fingerprint density at radius 1 is 0.909 bits per heavy atom. The lowest BCUT2D eigenvalue weighted by Gasteiger charge is -2.17. The molecule has 1 aromatic carbocycles. The van der Waals surface area contributed by atoms with Crippen molar-refractivity contribution in [3.05, 3.63) is 32.3 Å². The third-order valence-electron chi connectivity index (χ3n) is 3.67. The predicted octanol–water partition coefficient (Wildman–Crippen LogP) is 2.27. The first-order chi connectivity index (χ1) is 10.4. The standard InChI is InChI=1S/C14H12Cl2O6/c15-11-7(1-5-3-21-5)9(13(17)18)10(14(19)20)8(12(11)16)2-6-4-22-6/h5-6H,1-4H2,(H,17,18)(H,19,20). The summed E-state index contributed by atoms with van der Waals surface area (Å²) < 4.78 is 10.2. The number of carboxylic acid groups (broad SMARTS) is 2. The van der Waals surface area contributed by atoms with E-state index in [0.29, 0.717) is 13.2 Å². The molecule has 118 valence electrons. The fourth-order valence-electron chi connectivity index (χ4n) is 2.47. The van der Waals surface area contributed by atoms with Crippen molar-refractivity contribution >= 4 is 35.1 Å². The molecular weight excluding hydrogens is 335 g/mol. The van der Waals surface area contributed by atoms with Crippen LogP contribution in [0.25, 0.3) is 0 Å². The molecule has 1 aromatic rings. The van der Waals surface area contributed by atoms with Gasteiger partial charge in [0.2, 0.25) is 0 Å². The first-order valence-corrected chi connectivity index (χ1v) is 7.38. The van der Waals surface area contributed by atoms with E-state index in [9.17, 15) is 19.8 Å². The molecule has 0 spiro atoms. The van der Waals surface area contributed by atoms with Crippen molar-refractivity contribution in [2.75, 3.05) is 13.2 Å². The third-order valence-corrected chi connectivity index (χ3v) is 4.60. The van der Waals surface area contributed by atoms with E-state index in [2.05, 4.69) is 0 Å². The highest BCUT2D eigenvalue weighted by Crippen LogP contribution is 2.39. The highest BCUT2D eigenvalue weighted by molar-refractivity contribution is 6.43. The molecule has 8 heteroatoms. The van der Waals surface area contributed by atoms with Gasteiger partial charge in [0.05, 0.1) is 46.6 Å². The fraction of sp³-hybridized carbons (Fsp3) is 0.429. The lowest BCUT2D eigenvalue weighted by molar-refractivity contribution is 0.0649. The zero-order valence-electron chi connectivity index (χ0n) is 11.3. The van der Waals surface area contributed by atoms with E-state index in [1.54, 1.807) is 0 Å². The lowest BCUT2D eigenvalue weighted by atomic mass is 9.91. The van der Waals surface area contributed by atoms with E-state index < -0.39 is 11.9 Å². The Kier molecular flexibility index (Phi) is 4.03. The number of benzene rings is 1. The minimum atomic E-state index is -1.34. The van der Waals surface area contributed by atoms with Crippen LogP contribution in [0.4, 0.5) is 0 Å². The molecule has 0 radical (unpaired) electrons. The van der Waals surface area contributed by atoms with Crippen LogP contribution >= 0.6 is 23.2 Å². The average Bonchev–Trinajstić information content (AvgIpc) is 3.31. The van der Waals surface area contributed by atoms with E-state index >= 15 is 0 Å². The summed E-state index contributed by atoms with van der Waals surface area (Å²) in [6.45, 7) is 0.986. The molecule has 2 saturated heterocycles. The number of hydrogen-bond acceptors (Lipinski definition) is 4. The molecule has 0 aromatic heterocycles. The smallest absolute Gasteiger partial charge is 0.336 e. The van der Waals surface area contributed by atoms with Crippen molar-refractivity contribution in [1.82, 2.24) is 0 Å². The molecule has 2 heterocycles. The third kappa shape index (κ3) is 2.92. The molecule has 2 aliphatic rings. The van der Waals surface area contributed by atoms with Crippen molar-refractivity contribution in [3.63, 3.8) is 0 Å². The van der Waals surface area contributed by atoms with Gasteiger partial charge in [-0.2, -0.15) is 0 Å². The Morgan fingerprint density at radius 2 is 1.23 bits per heavy atom. The van der Waals surface area contributed by atoms with Gasteiger partial charge in [-0.3, -0.25) is 0 Å². The molecule has 0 amide bonds. The second kappa shape index (κ2) is 5.70. The van der Waals surface area contributed by atoms with Crippen LogP contribution < -0.4 is 0 Å². The number of carboxylic acids is 2. The number of hydrogen-bond donors (Lipinski definition) is 2. The SMILES string of the molecule is O=C(O)c1c(CC2CO2)c(Cl)c(Cl)c(CC2CO2)c1C(=O)O. The molecular formula is C14H12Cl2O6. The molecule has 0 aliphatic carbocycles. The summed E-state index contributed by atoms with van der Waals surface area (Å²) in [5.41, 5.74) is -0.208. The maximum absolute atomic E-state index is 11.6. The Hall–Kier alpha value is -1.34. The molecule has 2 unspecified atom stereocenters. The van der Waals surface area contributed by atoms with Crippen molar-refractivity contribution in [3.8, 4) is 0 Å². The van der Waals surface area contributed by atoms with Crippen LogP contribution in [0.15, 0.2) is 0 Å². The lowest BCUT2D eigenvalue weighted by Crippen LogP contribution is -2.18. The Bertz CT molecular complexity index is 607. The van der Waals surface area contributed by atoms with Crippen LogP contribution in [0.3, 0.4) is 0 Å². The molecule has 3 rings (SSSR count). The van der Waals surface area contributed by atoms with Crippen LogP contribution in [-0.4, -0.2) is 47.6 Å².